The van der Waals surface area contributed by atoms with E-state index in [-0.39, 0.29) is 0 Å². The van der Waals surface area contributed by atoms with Crippen LogP contribution in [0.4, 0.5) is 0 Å². The lowest BCUT2D eigenvalue weighted by molar-refractivity contribution is 0.545. The summed E-state index contributed by atoms with van der Waals surface area (Å²) in [4.78, 5) is 2.16. The van der Waals surface area contributed by atoms with E-state index in [1.807, 2.05) is 0 Å². The van der Waals surface area contributed by atoms with Crippen LogP contribution < -0.4 is 0 Å². The van der Waals surface area contributed by atoms with Crippen molar-refractivity contribution in [2.75, 3.05) is 14.1 Å². The Labute approximate surface area is 96.6 Å². The highest BCUT2D eigenvalue weighted by Gasteiger charge is 1.96. The van der Waals surface area contributed by atoms with Crippen LogP contribution in [-0.2, 0) is 0 Å². The van der Waals surface area contributed by atoms with Gasteiger partial charge in [0, 0.05) is 14.1 Å². The number of nitrogens with zero attached hydrogens (tertiary/aromatic N) is 1. The predicted molar refractivity (Wildman–Crippen MR) is 70.1 cm³/mol. The number of unbranched alkanes of at least 4 members (excludes halogenated alkanes) is 5. The zero-order valence-electron chi connectivity index (χ0n) is 11.2. The van der Waals surface area contributed by atoms with E-state index in [9.17, 15) is 0 Å². The number of hydrogen-bond donors (Lipinski definition) is 0. The lowest BCUT2D eigenvalue weighted by Gasteiger charge is -2.10. The van der Waals surface area contributed by atoms with Gasteiger partial charge in [0.25, 0.3) is 0 Å². The van der Waals surface area contributed by atoms with Gasteiger partial charge in [-0.05, 0) is 25.5 Å². The third-order valence-electron chi connectivity index (χ3n) is 2.75. The van der Waals surface area contributed by atoms with Crippen molar-refractivity contribution in [3.8, 4) is 0 Å². The summed E-state index contributed by atoms with van der Waals surface area (Å²) in [6.07, 6.45) is 13.2. The molecule has 0 saturated carbocycles. The van der Waals surface area contributed by atoms with E-state index in [0.717, 1.165) is 0 Å². The maximum atomic E-state index is 2.28. The van der Waals surface area contributed by atoms with Gasteiger partial charge in [-0.2, -0.15) is 0 Å². The van der Waals surface area contributed by atoms with Gasteiger partial charge in [-0.15, -0.1) is 0 Å². The highest BCUT2D eigenvalue weighted by molar-refractivity contribution is 4.99. The molecule has 0 spiro atoms. The molecular weight excluding hydrogens is 182 g/mol. The quantitative estimate of drug-likeness (QED) is 0.504. The fourth-order valence-electron chi connectivity index (χ4n) is 1.83. The van der Waals surface area contributed by atoms with Crippen molar-refractivity contribution < 1.29 is 0 Å². The predicted octanol–water partition coefficient (Wildman–Crippen LogP) is 4.59. The molecule has 0 aromatic carbocycles. The molecule has 0 aromatic rings. The average Bonchev–Trinajstić information content (AvgIpc) is 2.20. The molecule has 0 aliphatic carbocycles. The van der Waals surface area contributed by atoms with Crippen LogP contribution >= 0.6 is 0 Å². The van der Waals surface area contributed by atoms with Crippen molar-refractivity contribution in [1.29, 1.82) is 0 Å². The summed E-state index contributed by atoms with van der Waals surface area (Å²) in [6, 6.07) is 0. The minimum atomic E-state index is 1.20. The fourth-order valence-corrected chi connectivity index (χ4v) is 1.83. The first-order valence-electron chi connectivity index (χ1n) is 6.56. The van der Waals surface area contributed by atoms with Gasteiger partial charge in [-0.25, -0.2) is 0 Å². The van der Waals surface area contributed by atoms with Crippen LogP contribution in [0, 0.1) is 0 Å². The molecule has 0 unspecified atom stereocenters. The average molecular weight is 211 g/mol. The number of hydrogen-bond acceptors (Lipinski definition) is 1. The summed E-state index contributed by atoms with van der Waals surface area (Å²) >= 11 is 0. The first kappa shape index (κ1) is 14.5. The Bertz CT molecular complexity index is 159. The minimum absolute atomic E-state index is 1.20. The van der Waals surface area contributed by atoms with E-state index < -0.39 is 0 Å². The molecule has 0 aliphatic heterocycles. The van der Waals surface area contributed by atoms with E-state index >= 15 is 0 Å². The second-order valence-electron chi connectivity index (χ2n) is 4.62. The van der Waals surface area contributed by atoms with Gasteiger partial charge in [0.15, 0.2) is 0 Å². The molecule has 0 rings (SSSR count). The molecule has 0 aliphatic rings. The van der Waals surface area contributed by atoms with Crippen molar-refractivity contribution >= 4 is 0 Å². The monoisotopic (exact) mass is 211 g/mol. The SMILES string of the molecule is CCCCCCCC/C(=C\N(C)C)CC. The summed E-state index contributed by atoms with van der Waals surface area (Å²) in [5.41, 5.74) is 1.59. The molecular formula is C14H29N. The molecule has 0 aromatic heterocycles. The van der Waals surface area contributed by atoms with Crippen molar-refractivity contribution in [3.05, 3.63) is 11.8 Å². The molecule has 0 heterocycles. The molecule has 1 nitrogen and oxygen atoms in total. The Balaban J connectivity index is 3.47. The van der Waals surface area contributed by atoms with Gasteiger partial charge >= 0.3 is 0 Å². The fraction of sp³-hybridized carbons (Fsp3) is 0.857. The molecule has 0 radical (unpaired) electrons. The molecule has 0 atom stereocenters. The highest BCUT2D eigenvalue weighted by atomic mass is 15.0. The van der Waals surface area contributed by atoms with E-state index in [0.29, 0.717) is 0 Å². The Kier molecular flexibility index (Phi) is 9.76. The molecule has 0 N–H and O–H groups in total. The van der Waals surface area contributed by atoms with Crippen LogP contribution in [0.25, 0.3) is 0 Å². The van der Waals surface area contributed by atoms with Crippen LogP contribution in [0.5, 0.6) is 0 Å². The Morgan fingerprint density at radius 2 is 1.53 bits per heavy atom. The first-order valence-corrected chi connectivity index (χ1v) is 6.56. The second-order valence-corrected chi connectivity index (χ2v) is 4.62. The van der Waals surface area contributed by atoms with Crippen molar-refractivity contribution in [3.63, 3.8) is 0 Å². The van der Waals surface area contributed by atoms with Gasteiger partial charge in [0.1, 0.15) is 0 Å². The van der Waals surface area contributed by atoms with Crippen molar-refractivity contribution in [2.24, 2.45) is 0 Å². The summed E-state index contributed by atoms with van der Waals surface area (Å²) in [6.45, 7) is 4.53. The number of allylic oxidation sites excluding steroid dienone is 1. The third-order valence-corrected chi connectivity index (χ3v) is 2.75. The molecule has 0 fully saturated rings. The van der Waals surface area contributed by atoms with Gasteiger partial charge < -0.3 is 4.90 Å². The normalized spacial score (nSPS) is 11.9. The van der Waals surface area contributed by atoms with E-state index in [1.54, 1.807) is 5.57 Å². The molecule has 1 heteroatoms. The lowest BCUT2D eigenvalue weighted by Crippen LogP contribution is -2.02. The zero-order chi connectivity index (χ0) is 11.5. The van der Waals surface area contributed by atoms with Crippen LogP contribution in [0.2, 0.25) is 0 Å². The Morgan fingerprint density at radius 1 is 0.933 bits per heavy atom. The molecule has 0 bridgehead atoms. The van der Waals surface area contributed by atoms with Crippen molar-refractivity contribution in [2.45, 2.75) is 65.2 Å². The van der Waals surface area contributed by atoms with Gasteiger partial charge in [-0.3, -0.25) is 0 Å². The zero-order valence-corrected chi connectivity index (χ0v) is 11.2. The van der Waals surface area contributed by atoms with Crippen LogP contribution in [0.3, 0.4) is 0 Å². The van der Waals surface area contributed by atoms with Gasteiger partial charge in [0.05, 0.1) is 0 Å². The Morgan fingerprint density at radius 3 is 2.07 bits per heavy atom. The largest absolute Gasteiger partial charge is 0.384 e. The highest BCUT2D eigenvalue weighted by Crippen LogP contribution is 2.14. The first-order chi connectivity index (χ1) is 7.20. The summed E-state index contributed by atoms with van der Waals surface area (Å²) in [7, 11) is 4.22. The lowest BCUT2D eigenvalue weighted by atomic mass is 10.0. The summed E-state index contributed by atoms with van der Waals surface area (Å²) < 4.78 is 0. The minimum Gasteiger partial charge on any atom is -0.384 e. The topological polar surface area (TPSA) is 3.24 Å². The Hall–Kier alpha value is -0.460. The summed E-state index contributed by atoms with van der Waals surface area (Å²) in [5, 5.41) is 0. The maximum absolute atomic E-state index is 2.28. The van der Waals surface area contributed by atoms with Crippen LogP contribution in [0.1, 0.15) is 65.2 Å². The standard InChI is InChI=1S/C14H29N/c1-5-7-8-9-10-11-12-14(6-2)13-15(3)4/h13H,5-12H2,1-4H3/b14-13-. The molecule has 90 valence electrons. The van der Waals surface area contributed by atoms with Gasteiger partial charge in [0.2, 0.25) is 0 Å². The molecule has 0 saturated heterocycles. The molecule has 15 heavy (non-hydrogen) atoms. The summed E-state index contributed by atoms with van der Waals surface area (Å²) in [5.74, 6) is 0. The van der Waals surface area contributed by atoms with E-state index in [2.05, 4.69) is 39.0 Å². The van der Waals surface area contributed by atoms with Crippen molar-refractivity contribution in [1.82, 2.24) is 4.90 Å². The van der Waals surface area contributed by atoms with Gasteiger partial charge in [-0.1, -0.05) is 51.5 Å². The maximum Gasteiger partial charge on any atom is 0.00556 e. The third kappa shape index (κ3) is 9.84. The number of rotatable bonds is 9. The molecule has 0 amide bonds. The van der Waals surface area contributed by atoms with E-state index in [4.69, 9.17) is 0 Å². The van der Waals surface area contributed by atoms with Crippen LogP contribution in [-0.4, -0.2) is 19.0 Å². The van der Waals surface area contributed by atoms with E-state index in [1.165, 1.54) is 51.4 Å². The smallest absolute Gasteiger partial charge is 0.00556 e. The van der Waals surface area contributed by atoms with Crippen LogP contribution in [0.15, 0.2) is 11.8 Å². The second kappa shape index (κ2) is 10.1.